The van der Waals surface area contributed by atoms with Gasteiger partial charge in [0.05, 0.1) is 0 Å². The first-order valence-corrected chi connectivity index (χ1v) is 6.40. The summed E-state index contributed by atoms with van der Waals surface area (Å²) in [5.74, 6) is 0. The first-order valence-electron chi connectivity index (χ1n) is 6.40. The summed E-state index contributed by atoms with van der Waals surface area (Å²) in [6.45, 7) is 0. The molecule has 0 spiro atoms. The molecule has 2 N–H and O–H groups in total. The van der Waals surface area contributed by atoms with Gasteiger partial charge in [-0.2, -0.15) is 13.2 Å². The van der Waals surface area contributed by atoms with Crippen molar-refractivity contribution in [1.29, 1.82) is 0 Å². The Kier molecular flexibility index (Phi) is 3.95. The highest BCUT2D eigenvalue weighted by molar-refractivity contribution is 5.33. The minimum atomic E-state index is -4.28. The van der Waals surface area contributed by atoms with E-state index in [4.69, 9.17) is 5.73 Å². The van der Waals surface area contributed by atoms with Gasteiger partial charge in [0.15, 0.2) is 0 Å². The molecule has 0 aliphatic heterocycles. The molecule has 1 nitrogen and oxygen atoms in total. The number of benzene rings is 1. The molecule has 0 saturated carbocycles. The maximum Gasteiger partial charge on any atom is 0.403 e. The SMILES string of the molecule is NC(CCc1ccc2c(c1)CCCC2)C(F)(F)F. The van der Waals surface area contributed by atoms with Crippen LogP contribution in [-0.2, 0) is 19.3 Å². The Morgan fingerprint density at radius 2 is 1.78 bits per heavy atom. The fourth-order valence-electron chi connectivity index (χ4n) is 2.43. The summed E-state index contributed by atoms with van der Waals surface area (Å²) in [5.41, 5.74) is 8.74. The third-order valence-electron chi connectivity index (χ3n) is 3.58. The topological polar surface area (TPSA) is 26.0 Å². The van der Waals surface area contributed by atoms with Crippen molar-refractivity contribution in [3.8, 4) is 0 Å². The van der Waals surface area contributed by atoms with Crippen LogP contribution in [0.15, 0.2) is 18.2 Å². The fraction of sp³-hybridized carbons (Fsp3) is 0.571. The molecule has 0 aromatic heterocycles. The van der Waals surface area contributed by atoms with Crippen molar-refractivity contribution in [2.75, 3.05) is 0 Å². The monoisotopic (exact) mass is 257 g/mol. The molecular formula is C14H18F3N. The predicted octanol–water partition coefficient (Wildman–Crippen LogP) is 3.39. The zero-order chi connectivity index (χ0) is 13.2. The van der Waals surface area contributed by atoms with E-state index in [0.29, 0.717) is 6.42 Å². The Labute approximate surface area is 105 Å². The number of fused-ring (bicyclic) bond motifs is 1. The zero-order valence-corrected chi connectivity index (χ0v) is 10.3. The molecule has 1 atom stereocenters. The summed E-state index contributed by atoms with van der Waals surface area (Å²) in [4.78, 5) is 0. The van der Waals surface area contributed by atoms with Gasteiger partial charge < -0.3 is 5.73 Å². The number of aryl methyl sites for hydroxylation is 3. The van der Waals surface area contributed by atoms with Gasteiger partial charge in [0.1, 0.15) is 6.04 Å². The maximum absolute atomic E-state index is 12.3. The molecule has 0 amide bonds. The van der Waals surface area contributed by atoms with Crippen LogP contribution in [-0.4, -0.2) is 12.2 Å². The molecule has 100 valence electrons. The van der Waals surface area contributed by atoms with Gasteiger partial charge in [0.25, 0.3) is 0 Å². The van der Waals surface area contributed by atoms with Crippen molar-refractivity contribution in [2.45, 2.75) is 50.7 Å². The van der Waals surface area contributed by atoms with Crippen LogP contribution in [0, 0.1) is 0 Å². The summed E-state index contributed by atoms with van der Waals surface area (Å²) in [7, 11) is 0. The van der Waals surface area contributed by atoms with Crippen molar-refractivity contribution < 1.29 is 13.2 Å². The lowest BCUT2D eigenvalue weighted by Gasteiger charge is -2.18. The molecule has 0 radical (unpaired) electrons. The number of hydrogen-bond donors (Lipinski definition) is 1. The lowest BCUT2D eigenvalue weighted by atomic mass is 9.89. The third kappa shape index (κ3) is 3.25. The van der Waals surface area contributed by atoms with Crippen molar-refractivity contribution in [2.24, 2.45) is 5.73 Å². The van der Waals surface area contributed by atoms with Gasteiger partial charge in [-0.05, 0) is 55.2 Å². The summed E-state index contributed by atoms with van der Waals surface area (Å²) in [6, 6.07) is 4.34. The molecule has 1 aromatic carbocycles. The van der Waals surface area contributed by atoms with E-state index in [1.165, 1.54) is 24.0 Å². The van der Waals surface area contributed by atoms with Gasteiger partial charge in [0.2, 0.25) is 0 Å². The summed E-state index contributed by atoms with van der Waals surface area (Å²) in [6.07, 6.45) is 0.612. The standard InChI is InChI=1S/C14H18F3N/c15-14(16,17)13(18)8-6-10-5-7-11-3-1-2-4-12(11)9-10/h5,7,9,13H,1-4,6,8,18H2. The fourth-order valence-corrected chi connectivity index (χ4v) is 2.43. The minimum absolute atomic E-state index is 0.0394. The first-order chi connectivity index (χ1) is 8.47. The average Bonchev–Trinajstić information content (AvgIpc) is 2.34. The lowest BCUT2D eigenvalue weighted by molar-refractivity contribution is -0.148. The molecule has 1 aliphatic carbocycles. The van der Waals surface area contributed by atoms with Crippen LogP contribution in [0.25, 0.3) is 0 Å². The smallest absolute Gasteiger partial charge is 0.320 e. The van der Waals surface area contributed by atoms with Gasteiger partial charge in [-0.15, -0.1) is 0 Å². The van der Waals surface area contributed by atoms with Crippen LogP contribution < -0.4 is 5.73 Å². The van der Waals surface area contributed by atoms with Crippen LogP contribution >= 0.6 is 0 Å². The molecule has 4 heteroatoms. The average molecular weight is 257 g/mol. The van der Waals surface area contributed by atoms with E-state index in [9.17, 15) is 13.2 Å². The number of halogens is 3. The molecular weight excluding hydrogens is 239 g/mol. The summed E-state index contributed by atoms with van der Waals surface area (Å²) in [5, 5.41) is 0. The second-order valence-electron chi connectivity index (χ2n) is 5.00. The molecule has 1 aliphatic rings. The second kappa shape index (κ2) is 5.31. The van der Waals surface area contributed by atoms with E-state index < -0.39 is 12.2 Å². The molecule has 0 bridgehead atoms. The van der Waals surface area contributed by atoms with E-state index in [-0.39, 0.29) is 6.42 Å². The van der Waals surface area contributed by atoms with Crippen molar-refractivity contribution in [3.63, 3.8) is 0 Å². The summed E-state index contributed by atoms with van der Waals surface area (Å²) >= 11 is 0. The predicted molar refractivity (Wildman–Crippen MR) is 65.4 cm³/mol. The van der Waals surface area contributed by atoms with Crippen LogP contribution in [0.3, 0.4) is 0 Å². The van der Waals surface area contributed by atoms with Crippen LogP contribution in [0.2, 0.25) is 0 Å². The molecule has 1 unspecified atom stereocenters. The number of rotatable bonds is 3. The molecule has 2 rings (SSSR count). The van der Waals surface area contributed by atoms with E-state index in [1.54, 1.807) is 0 Å². The van der Waals surface area contributed by atoms with Gasteiger partial charge in [-0.25, -0.2) is 0 Å². The third-order valence-corrected chi connectivity index (χ3v) is 3.58. The van der Waals surface area contributed by atoms with E-state index in [0.717, 1.165) is 18.4 Å². The minimum Gasteiger partial charge on any atom is -0.320 e. The van der Waals surface area contributed by atoms with Crippen molar-refractivity contribution in [1.82, 2.24) is 0 Å². The zero-order valence-electron chi connectivity index (χ0n) is 10.3. The number of alkyl halides is 3. The molecule has 0 saturated heterocycles. The second-order valence-corrected chi connectivity index (χ2v) is 5.00. The van der Waals surface area contributed by atoms with Crippen LogP contribution in [0.1, 0.15) is 36.0 Å². The highest BCUT2D eigenvalue weighted by Crippen LogP contribution is 2.25. The molecule has 0 heterocycles. The van der Waals surface area contributed by atoms with Crippen LogP contribution in [0.4, 0.5) is 13.2 Å². The summed E-state index contributed by atoms with van der Waals surface area (Å²) < 4.78 is 36.9. The van der Waals surface area contributed by atoms with E-state index >= 15 is 0 Å². The highest BCUT2D eigenvalue weighted by Gasteiger charge is 2.35. The number of nitrogens with two attached hydrogens (primary N) is 1. The molecule has 18 heavy (non-hydrogen) atoms. The van der Waals surface area contributed by atoms with E-state index in [1.807, 2.05) is 6.07 Å². The van der Waals surface area contributed by atoms with Gasteiger partial charge in [-0.1, -0.05) is 18.2 Å². The van der Waals surface area contributed by atoms with Crippen molar-refractivity contribution in [3.05, 3.63) is 34.9 Å². The Balaban J connectivity index is 1.98. The lowest BCUT2D eigenvalue weighted by Crippen LogP contribution is -2.37. The molecule has 1 aromatic rings. The van der Waals surface area contributed by atoms with Gasteiger partial charge in [-0.3, -0.25) is 0 Å². The Morgan fingerprint density at radius 1 is 1.11 bits per heavy atom. The Bertz CT molecular complexity index is 412. The Morgan fingerprint density at radius 3 is 2.44 bits per heavy atom. The highest BCUT2D eigenvalue weighted by atomic mass is 19.4. The Hall–Kier alpha value is -1.03. The van der Waals surface area contributed by atoms with Crippen LogP contribution in [0.5, 0.6) is 0 Å². The largest absolute Gasteiger partial charge is 0.403 e. The van der Waals surface area contributed by atoms with Gasteiger partial charge >= 0.3 is 6.18 Å². The molecule has 0 fully saturated rings. The number of hydrogen-bond acceptors (Lipinski definition) is 1. The first kappa shape index (κ1) is 13.4. The quantitative estimate of drug-likeness (QED) is 0.882. The maximum atomic E-state index is 12.3. The normalized spacial score (nSPS) is 17.3. The van der Waals surface area contributed by atoms with Gasteiger partial charge in [0, 0.05) is 0 Å². The van der Waals surface area contributed by atoms with E-state index in [2.05, 4.69) is 12.1 Å². The van der Waals surface area contributed by atoms with Crippen molar-refractivity contribution >= 4 is 0 Å².